The fourth-order valence-corrected chi connectivity index (χ4v) is 4.85. The van der Waals surface area contributed by atoms with E-state index in [0.717, 1.165) is 17.2 Å². The molecule has 1 saturated carbocycles. The van der Waals surface area contributed by atoms with Crippen LogP contribution in [0.25, 0.3) is 10.8 Å². The maximum absolute atomic E-state index is 13.0. The fourth-order valence-electron chi connectivity index (χ4n) is 4.85. The molecule has 0 spiro atoms. The summed E-state index contributed by atoms with van der Waals surface area (Å²) in [5, 5.41) is 5.95. The summed E-state index contributed by atoms with van der Waals surface area (Å²) < 4.78 is 11.5. The zero-order valence-electron chi connectivity index (χ0n) is 23.3. The highest BCUT2D eigenvalue weighted by molar-refractivity contribution is 6.05. The van der Waals surface area contributed by atoms with Crippen molar-refractivity contribution in [2.24, 2.45) is 11.0 Å². The van der Waals surface area contributed by atoms with Crippen LogP contribution in [0.2, 0.25) is 0 Å². The Hall–Kier alpha value is -4.45. The van der Waals surface area contributed by atoms with Crippen LogP contribution in [0.1, 0.15) is 67.1 Å². The molecule has 2 atom stereocenters. The normalized spacial score (nSPS) is 16.6. The van der Waals surface area contributed by atoms with E-state index in [1.807, 2.05) is 43.3 Å². The molecule has 0 bridgehead atoms. The van der Waals surface area contributed by atoms with E-state index in [2.05, 4.69) is 55.6 Å². The van der Waals surface area contributed by atoms with Crippen LogP contribution in [0.3, 0.4) is 0 Å². The number of esters is 1. The van der Waals surface area contributed by atoms with E-state index < -0.39 is 5.97 Å². The Kier molecular flexibility index (Phi) is 7.69. The summed E-state index contributed by atoms with van der Waals surface area (Å²) in [6.07, 6.45) is 2.38. The molecule has 1 amide bonds. The van der Waals surface area contributed by atoms with Gasteiger partial charge in [-0.15, -0.1) is 0 Å². The Morgan fingerprint density at radius 3 is 2.45 bits per heavy atom. The molecule has 40 heavy (non-hydrogen) atoms. The molecule has 1 aliphatic carbocycles. The average molecular weight is 535 g/mol. The lowest BCUT2D eigenvalue weighted by Gasteiger charge is -2.19. The van der Waals surface area contributed by atoms with Crippen molar-refractivity contribution in [1.29, 1.82) is 0 Å². The number of carbonyl (C=O) groups excluding carboxylic acids is 2. The summed E-state index contributed by atoms with van der Waals surface area (Å²) in [5.74, 6) is 0.342. The zero-order chi connectivity index (χ0) is 28.3. The maximum Gasteiger partial charge on any atom is 0.344 e. The highest BCUT2D eigenvalue weighted by Gasteiger charge is 2.44. The molecule has 0 aliphatic heterocycles. The van der Waals surface area contributed by atoms with Gasteiger partial charge in [-0.1, -0.05) is 81.4 Å². The molecule has 4 aromatic rings. The molecule has 6 heteroatoms. The van der Waals surface area contributed by atoms with Crippen molar-refractivity contribution < 1.29 is 19.1 Å². The van der Waals surface area contributed by atoms with Gasteiger partial charge in [-0.2, -0.15) is 5.10 Å². The molecular formula is C34H34N2O4. The quantitative estimate of drug-likeness (QED) is 0.114. The number of amides is 1. The molecule has 0 aromatic heterocycles. The Labute approximate surface area is 235 Å². The third kappa shape index (κ3) is 6.07. The Morgan fingerprint density at radius 1 is 0.950 bits per heavy atom. The van der Waals surface area contributed by atoms with Crippen LogP contribution < -0.4 is 14.9 Å². The smallest absolute Gasteiger partial charge is 0.344 e. The fraction of sp³-hybridized carbons (Fsp3) is 0.265. The standard InChI is InChI=1S/C34H34N2O4/c1-5-39-31-19-22(13-18-30(31)40-33(38)27-12-8-10-23-9-6-7-11-26(23)27)21-35-36-32(37)29-20-28(29)24-14-16-25(17-15-24)34(2,3)4/h6-19,21,28-29H,5,20H2,1-4H3,(H,36,37)/b35-21+/t28-,29+/m0/s1. The van der Waals surface area contributed by atoms with Crippen LogP contribution in [0.4, 0.5) is 0 Å². The minimum absolute atomic E-state index is 0.0764. The number of hydrogen-bond donors (Lipinski definition) is 1. The van der Waals surface area contributed by atoms with Crippen molar-refractivity contribution in [3.8, 4) is 11.5 Å². The number of hydrogen-bond acceptors (Lipinski definition) is 5. The number of nitrogens with zero attached hydrogens (tertiary/aromatic N) is 1. The number of ether oxygens (including phenoxy) is 2. The highest BCUT2D eigenvalue weighted by Crippen LogP contribution is 2.47. The first-order valence-corrected chi connectivity index (χ1v) is 13.6. The third-order valence-corrected chi connectivity index (χ3v) is 7.20. The van der Waals surface area contributed by atoms with Crippen molar-refractivity contribution >= 4 is 28.9 Å². The molecule has 204 valence electrons. The summed E-state index contributed by atoms with van der Waals surface area (Å²) in [7, 11) is 0. The van der Waals surface area contributed by atoms with Crippen molar-refractivity contribution in [1.82, 2.24) is 5.43 Å². The number of nitrogens with one attached hydrogen (secondary N) is 1. The van der Waals surface area contributed by atoms with E-state index in [1.165, 1.54) is 11.1 Å². The van der Waals surface area contributed by atoms with E-state index >= 15 is 0 Å². The van der Waals surface area contributed by atoms with Gasteiger partial charge < -0.3 is 9.47 Å². The lowest BCUT2D eigenvalue weighted by Crippen LogP contribution is -2.20. The van der Waals surface area contributed by atoms with Crippen molar-refractivity contribution in [3.63, 3.8) is 0 Å². The molecule has 1 aliphatic rings. The summed E-state index contributed by atoms with van der Waals surface area (Å²) in [4.78, 5) is 25.7. The van der Waals surface area contributed by atoms with Gasteiger partial charge in [0, 0.05) is 5.92 Å². The largest absolute Gasteiger partial charge is 0.490 e. The van der Waals surface area contributed by atoms with Gasteiger partial charge in [-0.3, -0.25) is 4.79 Å². The van der Waals surface area contributed by atoms with E-state index in [1.54, 1.807) is 30.5 Å². The summed E-state index contributed by atoms with van der Waals surface area (Å²) in [6, 6.07) is 27.0. The molecule has 1 fully saturated rings. The summed E-state index contributed by atoms with van der Waals surface area (Å²) >= 11 is 0. The van der Waals surface area contributed by atoms with E-state index in [9.17, 15) is 9.59 Å². The number of benzene rings is 4. The van der Waals surface area contributed by atoms with Crippen LogP contribution in [0, 0.1) is 5.92 Å². The monoisotopic (exact) mass is 534 g/mol. The number of hydrazone groups is 1. The summed E-state index contributed by atoms with van der Waals surface area (Å²) in [5.41, 5.74) is 6.43. The minimum atomic E-state index is -0.460. The van der Waals surface area contributed by atoms with Gasteiger partial charge in [-0.25, -0.2) is 10.2 Å². The van der Waals surface area contributed by atoms with Gasteiger partial charge in [0.25, 0.3) is 0 Å². The van der Waals surface area contributed by atoms with Crippen LogP contribution in [-0.2, 0) is 10.2 Å². The van der Waals surface area contributed by atoms with Gasteiger partial charge in [0.15, 0.2) is 11.5 Å². The molecule has 0 saturated heterocycles. The average Bonchev–Trinajstić information content (AvgIpc) is 3.75. The van der Waals surface area contributed by atoms with E-state index in [-0.39, 0.29) is 23.2 Å². The number of carbonyl (C=O) groups is 2. The second-order valence-electron chi connectivity index (χ2n) is 11.1. The van der Waals surface area contributed by atoms with Crippen molar-refractivity contribution in [2.45, 2.75) is 45.4 Å². The van der Waals surface area contributed by atoms with Gasteiger partial charge in [0.05, 0.1) is 18.4 Å². The first-order valence-electron chi connectivity index (χ1n) is 13.6. The Bertz CT molecular complexity index is 1560. The van der Waals surface area contributed by atoms with Gasteiger partial charge in [-0.05, 0) is 76.4 Å². The zero-order valence-corrected chi connectivity index (χ0v) is 23.3. The van der Waals surface area contributed by atoms with Crippen LogP contribution in [-0.4, -0.2) is 24.7 Å². The second-order valence-corrected chi connectivity index (χ2v) is 11.1. The topological polar surface area (TPSA) is 77.0 Å². The molecule has 1 N–H and O–H groups in total. The second kappa shape index (κ2) is 11.3. The van der Waals surface area contributed by atoms with E-state index in [0.29, 0.717) is 29.2 Å². The van der Waals surface area contributed by atoms with Crippen LogP contribution in [0.5, 0.6) is 11.5 Å². The van der Waals surface area contributed by atoms with E-state index in [4.69, 9.17) is 9.47 Å². The SMILES string of the molecule is CCOc1cc(/C=N/NC(=O)[C@@H]2C[C@H]2c2ccc(C(C)(C)C)cc2)ccc1OC(=O)c1cccc2ccccc12. The molecule has 0 unspecified atom stereocenters. The molecule has 0 heterocycles. The van der Waals surface area contributed by atoms with Crippen LogP contribution in [0.15, 0.2) is 90.0 Å². The van der Waals surface area contributed by atoms with Gasteiger partial charge >= 0.3 is 5.97 Å². The van der Waals surface area contributed by atoms with Crippen molar-refractivity contribution in [3.05, 3.63) is 107 Å². The first-order chi connectivity index (χ1) is 19.2. The molecule has 6 nitrogen and oxygen atoms in total. The molecule has 5 rings (SSSR count). The predicted molar refractivity (Wildman–Crippen MR) is 158 cm³/mol. The van der Waals surface area contributed by atoms with Crippen molar-refractivity contribution in [2.75, 3.05) is 6.61 Å². The maximum atomic E-state index is 13.0. The Balaban J connectivity index is 1.22. The minimum Gasteiger partial charge on any atom is -0.490 e. The lowest BCUT2D eigenvalue weighted by atomic mass is 9.86. The summed E-state index contributed by atoms with van der Waals surface area (Å²) in [6.45, 7) is 8.83. The number of fused-ring (bicyclic) bond motifs is 1. The molecular weight excluding hydrogens is 500 g/mol. The highest BCUT2D eigenvalue weighted by atomic mass is 16.6. The molecule has 4 aromatic carbocycles. The first kappa shape index (κ1) is 27.1. The third-order valence-electron chi connectivity index (χ3n) is 7.20. The molecule has 0 radical (unpaired) electrons. The lowest BCUT2D eigenvalue weighted by molar-refractivity contribution is -0.122. The van der Waals surface area contributed by atoms with Gasteiger partial charge in [0.1, 0.15) is 0 Å². The predicted octanol–water partition coefficient (Wildman–Crippen LogP) is 7.01. The Morgan fingerprint density at radius 2 is 1.70 bits per heavy atom. The van der Waals surface area contributed by atoms with Gasteiger partial charge in [0.2, 0.25) is 5.91 Å². The number of rotatable bonds is 8. The van der Waals surface area contributed by atoms with Crippen LogP contribution >= 0.6 is 0 Å².